The lowest BCUT2D eigenvalue weighted by Gasteiger charge is -2.46. The van der Waals surface area contributed by atoms with E-state index in [-0.39, 0.29) is 0 Å². The lowest BCUT2D eigenvalue weighted by Crippen LogP contribution is -2.37. The van der Waals surface area contributed by atoms with Crippen molar-refractivity contribution in [3.05, 3.63) is 155 Å². The van der Waals surface area contributed by atoms with Crippen LogP contribution < -0.4 is 9.64 Å². The number of nitrogens with zero attached hydrogens (tertiary/aromatic N) is 3. The van der Waals surface area contributed by atoms with E-state index < -0.39 is 5.41 Å². The Morgan fingerprint density at radius 2 is 1.11 bits per heavy atom. The standard InChI is InChI=1S/C34H23N3O/c1-38-29-8-6-7-28(21-29)37-32-11-4-2-9-30(32)34(31-10-3-5-12-33(31)37,26-17-13-24(22-35)14-18-26)27-19-15-25(23-36)16-20-27/h2-21H,1H3. The van der Waals surface area contributed by atoms with Crippen molar-refractivity contribution in [2.24, 2.45) is 0 Å². The third-order valence-electron chi connectivity index (χ3n) is 7.30. The average molecular weight is 490 g/mol. The zero-order valence-electron chi connectivity index (χ0n) is 20.8. The molecule has 38 heavy (non-hydrogen) atoms. The molecule has 0 saturated heterocycles. The number of fused-ring (bicyclic) bond motifs is 2. The molecule has 4 nitrogen and oxygen atoms in total. The summed E-state index contributed by atoms with van der Waals surface area (Å²) >= 11 is 0. The Labute approximate surface area is 222 Å². The summed E-state index contributed by atoms with van der Waals surface area (Å²) in [5, 5.41) is 19.0. The van der Waals surface area contributed by atoms with E-state index in [1.54, 1.807) is 7.11 Å². The monoisotopic (exact) mass is 489 g/mol. The van der Waals surface area contributed by atoms with E-state index in [1.807, 2.05) is 66.7 Å². The highest BCUT2D eigenvalue weighted by molar-refractivity contribution is 5.89. The molecule has 0 atom stereocenters. The molecule has 5 aromatic rings. The fraction of sp³-hybridized carbons (Fsp3) is 0.0588. The topological polar surface area (TPSA) is 60.0 Å². The highest BCUT2D eigenvalue weighted by Gasteiger charge is 2.46. The van der Waals surface area contributed by atoms with Crippen molar-refractivity contribution in [1.29, 1.82) is 10.5 Å². The van der Waals surface area contributed by atoms with Crippen molar-refractivity contribution < 1.29 is 4.74 Å². The molecule has 180 valence electrons. The third kappa shape index (κ3) is 3.44. The molecule has 0 fully saturated rings. The molecule has 0 saturated carbocycles. The number of anilines is 3. The molecule has 0 spiro atoms. The zero-order chi connectivity index (χ0) is 26.1. The van der Waals surface area contributed by atoms with Gasteiger partial charge in [0.2, 0.25) is 0 Å². The zero-order valence-corrected chi connectivity index (χ0v) is 20.8. The fourth-order valence-corrected chi connectivity index (χ4v) is 5.65. The van der Waals surface area contributed by atoms with Crippen LogP contribution in [-0.4, -0.2) is 7.11 Å². The van der Waals surface area contributed by atoms with Crippen LogP contribution >= 0.6 is 0 Å². The normalized spacial score (nSPS) is 13.0. The van der Waals surface area contributed by atoms with Crippen LogP contribution in [0.2, 0.25) is 0 Å². The minimum atomic E-state index is -0.676. The summed E-state index contributed by atoms with van der Waals surface area (Å²) in [5.74, 6) is 0.786. The van der Waals surface area contributed by atoms with Gasteiger partial charge in [0, 0.05) is 11.8 Å². The summed E-state index contributed by atoms with van der Waals surface area (Å²) in [6.45, 7) is 0. The number of hydrogen-bond donors (Lipinski definition) is 0. The third-order valence-corrected chi connectivity index (χ3v) is 7.30. The first kappa shape index (κ1) is 23.1. The van der Waals surface area contributed by atoms with Crippen LogP contribution in [0.1, 0.15) is 33.4 Å². The van der Waals surface area contributed by atoms with Crippen LogP contribution in [0.3, 0.4) is 0 Å². The van der Waals surface area contributed by atoms with E-state index in [0.29, 0.717) is 11.1 Å². The molecule has 0 bridgehead atoms. The van der Waals surface area contributed by atoms with Gasteiger partial charge in [0.25, 0.3) is 0 Å². The minimum absolute atomic E-state index is 0.610. The van der Waals surface area contributed by atoms with Crippen molar-refractivity contribution in [3.8, 4) is 17.9 Å². The van der Waals surface area contributed by atoms with Crippen molar-refractivity contribution in [2.75, 3.05) is 12.0 Å². The van der Waals surface area contributed by atoms with Crippen LogP contribution in [-0.2, 0) is 5.41 Å². The summed E-state index contributed by atoms with van der Waals surface area (Å²) in [6, 6.07) is 45.2. The van der Waals surface area contributed by atoms with Crippen LogP contribution in [0.4, 0.5) is 17.1 Å². The average Bonchev–Trinajstić information content (AvgIpc) is 3.00. The lowest BCUT2D eigenvalue weighted by molar-refractivity contribution is 0.415. The Morgan fingerprint density at radius 3 is 1.58 bits per heavy atom. The summed E-state index contributed by atoms with van der Waals surface area (Å²) in [4.78, 5) is 2.28. The van der Waals surface area contributed by atoms with Gasteiger partial charge in [0.1, 0.15) is 5.75 Å². The van der Waals surface area contributed by atoms with E-state index in [9.17, 15) is 10.5 Å². The summed E-state index contributed by atoms with van der Waals surface area (Å²) in [7, 11) is 1.68. The fourth-order valence-electron chi connectivity index (χ4n) is 5.65. The molecule has 4 heteroatoms. The predicted octanol–water partition coefficient (Wildman–Crippen LogP) is 7.60. The van der Waals surface area contributed by atoms with E-state index >= 15 is 0 Å². The summed E-state index contributed by atoms with van der Waals surface area (Å²) < 4.78 is 5.57. The number of methoxy groups -OCH3 is 1. The number of rotatable bonds is 4. The predicted molar refractivity (Wildman–Crippen MR) is 149 cm³/mol. The van der Waals surface area contributed by atoms with E-state index in [2.05, 4.69) is 71.6 Å². The second kappa shape index (κ2) is 9.28. The maximum atomic E-state index is 9.50. The number of nitriles is 2. The number of benzene rings is 5. The van der Waals surface area contributed by atoms with Gasteiger partial charge < -0.3 is 9.64 Å². The van der Waals surface area contributed by atoms with Crippen LogP contribution in [0.25, 0.3) is 0 Å². The number of ether oxygens (including phenoxy) is 1. The quantitative estimate of drug-likeness (QED) is 0.256. The molecular weight excluding hydrogens is 466 g/mol. The Kier molecular flexibility index (Phi) is 5.64. The first-order valence-corrected chi connectivity index (χ1v) is 12.3. The molecule has 6 rings (SSSR count). The van der Waals surface area contributed by atoms with Gasteiger partial charge in [-0.05, 0) is 70.8 Å². The first-order chi connectivity index (χ1) is 18.7. The molecule has 0 amide bonds. The molecule has 5 aromatic carbocycles. The van der Waals surface area contributed by atoms with Gasteiger partial charge >= 0.3 is 0 Å². The van der Waals surface area contributed by atoms with Gasteiger partial charge in [-0.2, -0.15) is 10.5 Å². The number of hydrogen-bond acceptors (Lipinski definition) is 4. The van der Waals surface area contributed by atoms with Crippen molar-refractivity contribution in [1.82, 2.24) is 0 Å². The van der Waals surface area contributed by atoms with Gasteiger partial charge in [-0.15, -0.1) is 0 Å². The van der Waals surface area contributed by atoms with Crippen molar-refractivity contribution in [3.63, 3.8) is 0 Å². The Morgan fingerprint density at radius 1 is 0.605 bits per heavy atom. The lowest BCUT2D eigenvalue weighted by atomic mass is 9.62. The Hall–Kier alpha value is -5.32. The molecule has 1 aliphatic rings. The van der Waals surface area contributed by atoms with Gasteiger partial charge in [-0.1, -0.05) is 66.7 Å². The van der Waals surface area contributed by atoms with Gasteiger partial charge in [0.15, 0.2) is 0 Å². The molecule has 1 heterocycles. The van der Waals surface area contributed by atoms with E-state index in [1.165, 1.54) is 0 Å². The maximum Gasteiger partial charge on any atom is 0.120 e. The molecule has 0 radical (unpaired) electrons. The van der Waals surface area contributed by atoms with Crippen LogP contribution in [0, 0.1) is 22.7 Å². The Balaban J connectivity index is 1.73. The second-order valence-electron chi connectivity index (χ2n) is 9.20. The molecule has 0 N–H and O–H groups in total. The molecule has 1 aliphatic heterocycles. The Bertz CT molecular complexity index is 1620. The van der Waals surface area contributed by atoms with E-state index in [0.717, 1.165) is 45.1 Å². The van der Waals surface area contributed by atoms with Crippen molar-refractivity contribution in [2.45, 2.75) is 5.41 Å². The molecule has 0 unspecified atom stereocenters. The SMILES string of the molecule is COc1cccc(N2c3ccccc3C(c3ccc(C#N)cc3)(c3ccc(C#N)cc3)c3ccccc32)c1. The summed E-state index contributed by atoms with van der Waals surface area (Å²) in [6.07, 6.45) is 0. The van der Waals surface area contributed by atoms with E-state index in [4.69, 9.17) is 4.74 Å². The van der Waals surface area contributed by atoms with Crippen LogP contribution in [0.5, 0.6) is 5.75 Å². The van der Waals surface area contributed by atoms with Crippen molar-refractivity contribution >= 4 is 17.1 Å². The molecule has 0 aromatic heterocycles. The highest BCUT2D eigenvalue weighted by atomic mass is 16.5. The maximum absolute atomic E-state index is 9.50. The smallest absolute Gasteiger partial charge is 0.120 e. The van der Waals surface area contributed by atoms with Crippen LogP contribution in [0.15, 0.2) is 121 Å². The van der Waals surface area contributed by atoms with Gasteiger partial charge in [-0.25, -0.2) is 0 Å². The first-order valence-electron chi connectivity index (χ1n) is 12.3. The molecular formula is C34H23N3O. The largest absolute Gasteiger partial charge is 0.497 e. The highest BCUT2D eigenvalue weighted by Crippen LogP contribution is 2.57. The molecule has 0 aliphatic carbocycles. The number of para-hydroxylation sites is 2. The minimum Gasteiger partial charge on any atom is -0.497 e. The second-order valence-corrected chi connectivity index (χ2v) is 9.20. The van der Waals surface area contributed by atoms with Gasteiger partial charge in [-0.3, -0.25) is 0 Å². The summed E-state index contributed by atoms with van der Waals surface area (Å²) in [5.41, 5.74) is 7.95. The van der Waals surface area contributed by atoms with Gasteiger partial charge in [0.05, 0.1) is 47.2 Å².